The maximum absolute atomic E-state index is 12.6. The standard InChI is InChI=1S/C21H17ClN4O3.ClH/c1-25-19-17(20(28)26(2)21(25)29)23-16(24-19)11-12-3-5-13(6-4-12)18(27)14-7-9-15(22)10-8-14;/h3-10H,11H2,1-2H3,(H,23,24);1H. The highest BCUT2D eigenvalue weighted by atomic mass is 35.5. The van der Waals surface area contributed by atoms with Gasteiger partial charge < -0.3 is 4.98 Å². The van der Waals surface area contributed by atoms with Gasteiger partial charge in [0.1, 0.15) is 11.3 Å². The molecule has 0 amide bonds. The minimum atomic E-state index is -0.425. The van der Waals surface area contributed by atoms with Crippen LogP contribution in [0, 0.1) is 0 Å². The van der Waals surface area contributed by atoms with Gasteiger partial charge in [-0.15, -0.1) is 12.4 Å². The number of carbonyl (C=O) groups excluding carboxylic acids is 1. The predicted octanol–water partition coefficient (Wildman–Crippen LogP) is 2.86. The number of hydrogen-bond donors (Lipinski definition) is 1. The lowest BCUT2D eigenvalue weighted by Crippen LogP contribution is -2.36. The molecule has 4 aromatic rings. The van der Waals surface area contributed by atoms with Crippen LogP contribution >= 0.6 is 24.0 Å². The van der Waals surface area contributed by atoms with Gasteiger partial charge in [0.05, 0.1) is 0 Å². The zero-order chi connectivity index (χ0) is 20.7. The molecule has 30 heavy (non-hydrogen) atoms. The molecule has 9 heteroatoms. The van der Waals surface area contributed by atoms with E-state index in [9.17, 15) is 14.4 Å². The molecule has 0 unspecified atom stereocenters. The van der Waals surface area contributed by atoms with Gasteiger partial charge in [0.2, 0.25) is 0 Å². The van der Waals surface area contributed by atoms with Crippen LogP contribution in [0.15, 0.2) is 58.1 Å². The van der Waals surface area contributed by atoms with Crippen molar-refractivity contribution in [1.82, 2.24) is 19.1 Å². The molecular formula is C21H18Cl2N4O3. The van der Waals surface area contributed by atoms with E-state index >= 15 is 0 Å². The molecule has 2 aromatic heterocycles. The average Bonchev–Trinajstić information content (AvgIpc) is 3.15. The molecule has 154 valence electrons. The van der Waals surface area contributed by atoms with Crippen molar-refractivity contribution < 1.29 is 4.79 Å². The number of aromatic amines is 1. The van der Waals surface area contributed by atoms with Crippen LogP contribution in [0.5, 0.6) is 0 Å². The number of nitrogens with one attached hydrogen (secondary N) is 1. The highest BCUT2D eigenvalue weighted by Gasteiger charge is 2.14. The fourth-order valence-corrected chi connectivity index (χ4v) is 3.32. The third kappa shape index (κ3) is 3.81. The summed E-state index contributed by atoms with van der Waals surface area (Å²) < 4.78 is 2.38. The molecule has 0 spiro atoms. The van der Waals surface area contributed by atoms with Crippen LogP contribution < -0.4 is 11.2 Å². The molecule has 0 bridgehead atoms. The van der Waals surface area contributed by atoms with Crippen LogP contribution in [0.1, 0.15) is 27.3 Å². The molecule has 0 aliphatic heterocycles. The Balaban J connectivity index is 0.00000256. The Hall–Kier alpha value is -3.16. The fourth-order valence-electron chi connectivity index (χ4n) is 3.19. The molecule has 0 aliphatic carbocycles. The molecule has 0 saturated carbocycles. The number of nitrogens with zero attached hydrogens (tertiary/aromatic N) is 3. The highest BCUT2D eigenvalue weighted by Crippen LogP contribution is 2.16. The Kier molecular flexibility index (Phi) is 5.96. The Bertz CT molecular complexity index is 1350. The van der Waals surface area contributed by atoms with Gasteiger partial charge in [-0.1, -0.05) is 35.9 Å². The summed E-state index contributed by atoms with van der Waals surface area (Å²) in [4.78, 5) is 44.3. The van der Waals surface area contributed by atoms with Crippen molar-refractivity contribution in [2.75, 3.05) is 0 Å². The maximum atomic E-state index is 12.6. The van der Waals surface area contributed by atoms with E-state index in [0.717, 1.165) is 10.1 Å². The Morgan fingerprint density at radius 1 is 0.967 bits per heavy atom. The van der Waals surface area contributed by atoms with Crippen LogP contribution in [0.4, 0.5) is 0 Å². The van der Waals surface area contributed by atoms with Gasteiger partial charge in [0, 0.05) is 36.7 Å². The lowest BCUT2D eigenvalue weighted by Gasteiger charge is -2.03. The third-order valence-corrected chi connectivity index (χ3v) is 5.09. The predicted molar refractivity (Wildman–Crippen MR) is 118 cm³/mol. The van der Waals surface area contributed by atoms with Crippen molar-refractivity contribution in [3.8, 4) is 0 Å². The molecule has 0 aliphatic rings. The average molecular weight is 445 g/mol. The van der Waals surface area contributed by atoms with Crippen LogP contribution in [0.2, 0.25) is 5.02 Å². The number of aromatic nitrogens is 4. The van der Waals surface area contributed by atoms with Crippen LogP contribution in [-0.4, -0.2) is 24.9 Å². The molecule has 2 heterocycles. The molecule has 0 fully saturated rings. The summed E-state index contributed by atoms with van der Waals surface area (Å²) in [5.41, 5.74) is 1.82. The van der Waals surface area contributed by atoms with Gasteiger partial charge in [-0.05, 0) is 29.8 Å². The molecule has 0 radical (unpaired) electrons. The first-order valence-corrected chi connectivity index (χ1v) is 9.27. The second-order valence-corrected chi connectivity index (χ2v) is 7.23. The molecule has 0 atom stereocenters. The minimum absolute atomic E-state index is 0. The molecule has 0 saturated heterocycles. The first-order valence-electron chi connectivity index (χ1n) is 8.89. The molecule has 4 rings (SSSR count). The number of carbonyl (C=O) groups is 1. The zero-order valence-electron chi connectivity index (χ0n) is 16.2. The first-order chi connectivity index (χ1) is 13.8. The number of benzene rings is 2. The summed E-state index contributed by atoms with van der Waals surface area (Å²) in [6.45, 7) is 0. The lowest BCUT2D eigenvalue weighted by atomic mass is 10.0. The topological polar surface area (TPSA) is 89.8 Å². The maximum Gasteiger partial charge on any atom is 0.332 e. The van der Waals surface area contributed by atoms with Gasteiger partial charge in [0.15, 0.2) is 11.4 Å². The van der Waals surface area contributed by atoms with E-state index in [0.29, 0.717) is 39.6 Å². The summed E-state index contributed by atoms with van der Waals surface area (Å²) in [6, 6.07) is 13.9. The number of halogens is 2. The van der Waals surface area contributed by atoms with E-state index in [1.807, 2.05) is 12.1 Å². The normalized spacial score (nSPS) is 10.8. The Labute approximate surface area is 182 Å². The van der Waals surface area contributed by atoms with Crippen molar-refractivity contribution in [2.24, 2.45) is 14.1 Å². The quantitative estimate of drug-likeness (QED) is 0.490. The first kappa shape index (κ1) is 21.5. The SMILES string of the molecule is Cl.Cn1c(=O)c2[nH]c(Cc3ccc(C(=O)c4ccc(Cl)cc4)cc3)nc2n(C)c1=O. The summed E-state index contributed by atoms with van der Waals surface area (Å²) in [6.07, 6.45) is 0.432. The number of hydrogen-bond acceptors (Lipinski definition) is 4. The van der Waals surface area contributed by atoms with Crippen molar-refractivity contribution in [3.63, 3.8) is 0 Å². The van der Waals surface area contributed by atoms with Gasteiger partial charge in [0.25, 0.3) is 5.56 Å². The van der Waals surface area contributed by atoms with Gasteiger partial charge in [-0.2, -0.15) is 0 Å². The summed E-state index contributed by atoms with van der Waals surface area (Å²) in [5.74, 6) is 0.477. The number of aryl methyl sites for hydroxylation is 1. The second-order valence-electron chi connectivity index (χ2n) is 6.80. The lowest BCUT2D eigenvalue weighted by molar-refractivity contribution is 0.103. The minimum Gasteiger partial charge on any atom is -0.336 e. The van der Waals surface area contributed by atoms with Crippen molar-refractivity contribution >= 4 is 41.0 Å². The fraction of sp³-hybridized carbons (Fsp3) is 0.143. The van der Waals surface area contributed by atoms with E-state index in [-0.39, 0.29) is 18.2 Å². The Morgan fingerprint density at radius 3 is 2.13 bits per heavy atom. The van der Waals surface area contributed by atoms with Gasteiger partial charge in [-0.3, -0.25) is 18.7 Å². The van der Waals surface area contributed by atoms with E-state index in [1.165, 1.54) is 11.6 Å². The number of rotatable bonds is 4. The van der Waals surface area contributed by atoms with Crippen molar-refractivity contribution in [1.29, 1.82) is 0 Å². The number of ketones is 1. The third-order valence-electron chi connectivity index (χ3n) is 4.84. The van der Waals surface area contributed by atoms with Crippen LogP contribution in [0.3, 0.4) is 0 Å². The smallest absolute Gasteiger partial charge is 0.332 e. The highest BCUT2D eigenvalue weighted by molar-refractivity contribution is 6.30. The largest absolute Gasteiger partial charge is 0.336 e. The van der Waals surface area contributed by atoms with E-state index in [1.54, 1.807) is 43.4 Å². The molecule has 2 aromatic carbocycles. The monoisotopic (exact) mass is 444 g/mol. The van der Waals surface area contributed by atoms with Crippen LogP contribution in [0.25, 0.3) is 11.2 Å². The molecular weight excluding hydrogens is 427 g/mol. The zero-order valence-corrected chi connectivity index (χ0v) is 17.8. The van der Waals surface area contributed by atoms with Crippen molar-refractivity contribution in [3.05, 3.63) is 96.9 Å². The number of H-pyrrole nitrogens is 1. The van der Waals surface area contributed by atoms with E-state index in [4.69, 9.17) is 11.6 Å². The van der Waals surface area contributed by atoms with E-state index in [2.05, 4.69) is 9.97 Å². The summed E-state index contributed by atoms with van der Waals surface area (Å²) in [5, 5.41) is 0.579. The summed E-state index contributed by atoms with van der Waals surface area (Å²) >= 11 is 5.87. The van der Waals surface area contributed by atoms with Gasteiger partial charge >= 0.3 is 5.69 Å². The summed E-state index contributed by atoms with van der Waals surface area (Å²) in [7, 11) is 3.01. The molecule has 1 N–H and O–H groups in total. The van der Waals surface area contributed by atoms with Gasteiger partial charge in [-0.25, -0.2) is 9.78 Å². The molecule has 7 nitrogen and oxygen atoms in total. The van der Waals surface area contributed by atoms with E-state index < -0.39 is 11.2 Å². The number of imidazole rings is 1. The Morgan fingerprint density at radius 2 is 1.53 bits per heavy atom. The second kappa shape index (κ2) is 8.30. The number of fused-ring (bicyclic) bond motifs is 1. The van der Waals surface area contributed by atoms with Crippen molar-refractivity contribution in [2.45, 2.75) is 6.42 Å². The van der Waals surface area contributed by atoms with Crippen LogP contribution in [-0.2, 0) is 20.5 Å².